The van der Waals surface area contributed by atoms with Crippen LogP contribution in [0, 0.1) is 0 Å². The summed E-state index contributed by atoms with van der Waals surface area (Å²) >= 11 is 0. The highest BCUT2D eigenvalue weighted by molar-refractivity contribution is 5.90. The van der Waals surface area contributed by atoms with Gasteiger partial charge >= 0.3 is 12.1 Å². The van der Waals surface area contributed by atoms with Gasteiger partial charge in [0, 0.05) is 24.5 Å². The van der Waals surface area contributed by atoms with Crippen LogP contribution in [0.25, 0.3) is 0 Å². The van der Waals surface area contributed by atoms with Crippen molar-refractivity contribution < 1.29 is 9.59 Å². The van der Waals surface area contributed by atoms with E-state index in [1.165, 1.54) is 103 Å². The number of carbonyl (C=O) groups is 2. The molecule has 0 saturated heterocycles. The molecule has 2 rings (SSSR count). The van der Waals surface area contributed by atoms with Crippen LogP contribution in [0.1, 0.15) is 154 Å². The predicted molar refractivity (Wildman–Crippen MR) is 228 cm³/mol. The van der Waals surface area contributed by atoms with Crippen molar-refractivity contribution in [1.82, 2.24) is 20.4 Å². The molecule has 0 saturated carbocycles. The Balaban J connectivity index is 1.75. The number of hydrogen-bond donors (Lipinski definition) is 4. The van der Waals surface area contributed by atoms with Crippen molar-refractivity contribution in [3.05, 3.63) is 59.7 Å². The first kappa shape index (κ1) is 46.1. The lowest BCUT2D eigenvalue weighted by Gasteiger charge is -2.22. The van der Waals surface area contributed by atoms with E-state index >= 15 is 0 Å². The zero-order chi connectivity index (χ0) is 38.2. The molecule has 8 heteroatoms. The van der Waals surface area contributed by atoms with Crippen molar-refractivity contribution in [3.8, 4) is 0 Å². The molecule has 0 aliphatic rings. The van der Waals surface area contributed by atoms with Gasteiger partial charge in [-0.25, -0.2) is 9.59 Å². The average molecular weight is 735 g/mol. The van der Waals surface area contributed by atoms with Crippen LogP contribution in [0.15, 0.2) is 48.5 Å². The van der Waals surface area contributed by atoms with Crippen molar-refractivity contribution in [2.24, 2.45) is 0 Å². The molecule has 0 atom stereocenters. The minimum absolute atomic E-state index is 0.163. The van der Waals surface area contributed by atoms with Gasteiger partial charge in [0.25, 0.3) is 0 Å². The third-order valence-corrected chi connectivity index (χ3v) is 9.96. The zero-order valence-corrected chi connectivity index (χ0v) is 34.4. The summed E-state index contributed by atoms with van der Waals surface area (Å²) in [5, 5.41) is 12.2. The number of rotatable bonds is 32. The summed E-state index contributed by atoms with van der Waals surface area (Å²) in [6.45, 7) is 17.1. The quantitative estimate of drug-likeness (QED) is 0.0564. The van der Waals surface area contributed by atoms with Crippen molar-refractivity contribution in [1.29, 1.82) is 0 Å². The summed E-state index contributed by atoms with van der Waals surface area (Å²) in [6, 6.07) is 15.7. The van der Waals surface area contributed by atoms with Crippen molar-refractivity contribution in [2.45, 2.75) is 150 Å². The fourth-order valence-electron chi connectivity index (χ4n) is 6.83. The fraction of sp³-hybridized carbons (Fsp3) is 0.689. The summed E-state index contributed by atoms with van der Waals surface area (Å²) in [5.41, 5.74) is 3.76. The summed E-state index contributed by atoms with van der Waals surface area (Å²) < 4.78 is 0. The second-order valence-corrected chi connectivity index (χ2v) is 15.0. The Kier molecular flexibility index (Phi) is 27.2. The van der Waals surface area contributed by atoms with Crippen molar-refractivity contribution in [2.75, 3.05) is 63.0 Å². The maximum absolute atomic E-state index is 12.7. The maximum atomic E-state index is 12.7. The van der Waals surface area contributed by atoms with Gasteiger partial charge in [-0.3, -0.25) is 0 Å². The SMILES string of the molecule is CCCCCCN(CCCCCC)CCCNC(=O)Nc1cccc(Cc2cccc(NC(=O)NCCCN(CCCCCC)CCCCCC)c2)c1. The third kappa shape index (κ3) is 24.0. The first-order chi connectivity index (χ1) is 26.0. The molecule has 4 N–H and O–H groups in total. The highest BCUT2D eigenvalue weighted by Crippen LogP contribution is 2.18. The topological polar surface area (TPSA) is 88.7 Å². The lowest BCUT2D eigenvalue weighted by atomic mass is 10.0. The highest BCUT2D eigenvalue weighted by Gasteiger charge is 2.09. The molecule has 0 aliphatic heterocycles. The Hall–Kier alpha value is -3.10. The smallest absolute Gasteiger partial charge is 0.319 e. The number of amides is 4. The number of nitrogens with one attached hydrogen (secondary N) is 4. The van der Waals surface area contributed by atoms with E-state index in [1.54, 1.807) is 0 Å². The molecule has 2 aromatic rings. The van der Waals surface area contributed by atoms with E-state index in [9.17, 15) is 9.59 Å². The zero-order valence-electron chi connectivity index (χ0n) is 34.4. The van der Waals surface area contributed by atoms with E-state index in [-0.39, 0.29) is 12.1 Å². The van der Waals surface area contributed by atoms with Gasteiger partial charge in [-0.2, -0.15) is 0 Å². The first-order valence-electron chi connectivity index (χ1n) is 21.7. The molecule has 8 nitrogen and oxygen atoms in total. The molecule has 0 fully saturated rings. The number of carbonyl (C=O) groups excluding carboxylic acids is 2. The van der Waals surface area contributed by atoms with E-state index in [0.29, 0.717) is 19.5 Å². The number of nitrogens with zero attached hydrogens (tertiary/aromatic N) is 2. The van der Waals surface area contributed by atoms with Gasteiger partial charge in [0.2, 0.25) is 0 Å². The standard InChI is InChI=1S/C45H78N6O2/c1-5-9-13-17-31-50(32-18-14-10-6-2)35-23-29-46-44(52)48-42-27-21-25-40(38-42)37-41-26-22-28-43(39-41)49-45(53)47-30-24-36-51(33-19-15-11-7-3)34-20-16-12-8-4/h21-22,25-28,38-39H,5-20,23-24,29-37H2,1-4H3,(H2,46,48,52)(H2,47,49,53). The second-order valence-electron chi connectivity index (χ2n) is 15.0. The van der Waals surface area contributed by atoms with Crippen LogP contribution in [0.3, 0.4) is 0 Å². The van der Waals surface area contributed by atoms with Crippen LogP contribution in [0.2, 0.25) is 0 Å². The van der Waals surface area contributed by atoms with Crippen molar-refractivity contribution >= 4 is 23.4 Å². The lowest BCUT2D eigenvalue weighted by Crippen LogP contribution is -2.33. The largest absolute Gasteiger partial charge is 0.338 e. The number of urea groups is 2. The van der Waals surface area contributed by atoms with Crippen LogP contribution in [-0.2, 0) is 6.42 Å². The molecule has 0 bridgehead atoms. The number of benzene rings is 2. The van der Waals surface area contributed by atoms with Gasteiger partial charge in [-0.1, -0.05) is 129 Å². The average Bonchev–Trinajstić information content (AvgIpc) is 3.15. The van der Waals surface area contributed by atoms with Crippen LogP contribution in [0.4, 0.5) is 21.0 Å². The maximum Gasteiger partial charge on any atom is 0.319 e. The van der Waals surface area contributed by atoms with Crippen LogP contribution in [0.5, 0.6) is 0 Å². The van der Waals surface area contributed by atoms with E-state index in [2.05, 4.69) is 70.9 Å². The first-order valence-corrected chi connectivity index (χ1v) is 21.7. The Morgan fingerprint density at radius 3 is 1.13 bits per heavy atom. The van der Waals surface area contributed by atoms with Gasteiger partial charge in [0.15, 0.2) is 0 Å². The highest BCUT2D eigenvalue weighted by atomic mass is 16.2. The van der Waals surface area contributed by atoms with Crippen molar-refractivity contribution in [3.63, 3.8) is 0 Å². The minimum atomic E-state index is -0.163. The summed E-state index contributed by atoms with van der Waals surface area (Å²) in [7, 11) is 0. The molecule has 4 amide bonds. The molecule has 0 heterocycles. The molecule has 300 valence electrons. The molecular weight excluding hydrogens is 657 g/mol. The van der Waals surface area contributed by atoms with E-state index < -0.39 is 0 Å². The van der Waals surface area contributed by atoms with Crippen LogP contribution >= 0.6 is 0 Å². The van der Waals surface area contributed by atoms with Gasteiger partial charge in [-0.15, -0.1) is 0 Å². The molecule has 0 aliphatic carbocycles. The summed E-state index contributed by atoms with van der Waals surface area (Å²) in [6.07, 6.45) is 23.2. The van der Waals surface area contributed by atoms with Gasteiger partial charge in [-0.05, 0) is 120 Å². The lowest BCUT2D eigenvalue weighted by molar-refractivity contribution is 0.244. The molecule has 53 heavy (non-hydrogen) atoms. The molecular formula is C45H78N6O2. The Morgan fingerprint density at radius 2 is 0.792 bits per heavy atom. The molecule has 2 aromatic carbocycles. The normalized spacial score (nSPS) is 11.3. The van der Waals surface area contributed by atoms with Gasteiger partial charge in [0.1, 0.15) is 0 Å². The Labute approximate surface area is 325 Å². The number of unbranched alkanes of at least 4 members (excludes halogenated alkanes) is 12. The number of hydrogen-bond acceptors (Lipinski definition) is 4. The summed E-state index contributed by atoms with van der Waals surface area (Å²) in [5.74, 6) is 0. The van der Waals surface area contributed by atoms with E-state index in [1.807, 2.05) is 36.4 Å². The minimum Gasteiger partial charge on any atom is -0.338 e. The van der Waals surface area contributed by atoms with Crippen LogP contribution < -0.4 is 21.3 Å². The predicted octanol–water partition coefficient (Wildman–Crippen LogP) is 11.2. The number of anilines is 2. The second kappa shape index (κ2) is 31.3. The Bertz CT molecular complexity index is 1090. The molecule has 0 unspecified atom stereocenters. The molecule has 0 aromatic heterocycles. The molecule has 0 spiro atoms. The summed E-state index contributed by atoms with van der Waals surface area (Å²) in [4.78, 5) is 30.6. The monoisotopic (exact) mass is 735 g/mol. The van der Waals surface area contributed by atoms with Gasteiger partial charge < -0.3 is 31.1 Å². The van der Waals surface area contributed by atoms with E-state index in [4.69, 9.17) is 0 Å². The Morgan fingerprint density at radius 1 is 0.453 bits per heavy atom. The van der Waals surface area contributed by atoms with Gasteiger partial charge in [0.05, 0.1) is 0 Å². The third-order valence-electron chi connectivity index (χ3n) is 9.96. The molecule has 0 radical (unpaired) electrons. The van der Waals surface area contributed by atoms with Crippen LogP contribution in [-0.4, -0.2) is 74.2 Å². The van der Waals surface area contributed by atoms with E-state index in [0.717, 1.165) is 74.6 Å². The fourth-order valence-corrected chi connectivity index (χ4v) is 6.83.